The maximum Gasteiger partial charge on any atom is 0.0802 e. The Bertz CT molecular complexity index is 371. The van der Waals surface area contributed by atoms with E-state index in [9.17, 15) is 5.11 Å². The number of rotatable bonds is 4. The standard InChI is InChI=1S/C14H20BrNOS/c1-11-10-16(8-9-18-11)7-6-14(17)12-2-4-13(15)5-3-12/h2-5,11,14,17H,6-10H2,1H3. The van der Waals surface area contributed by atoms with Gasteiger partial charge in [0.25, 0.3) is 0 Å². The maximum atomic E-state index is 10.2. The van der Waals surface area contributed by atoms with Crippen molar-refractivity contribution in [1.29, 1.82) is 0 Å². The van der Waals surface area contributed by atoms with E-state index in [0.717, 1.165) is 41.3 Å². The minimum absolute atomic E-state index is 0.344. The second-order valence-electron chi connectivity index (χ2n) is 4.84. The van der Waals surface area contributed by atoms with Crippen molar-refractivity contribution in [2.24, 2.45) is 0 Å². The van der Waals surface area contributed by atoms with Gasteiger partial charge in [0.15, 0.2) is 0 Å². The van der Waals surface area contributed by atoms with Gasteiger partial charge in [0, 0.05) is 35.1 Å². The minimum Gasteiger partial charge on any atom is -0.388 e. The lowest BCUT2D eigenvalue weighted by Gasteiger charge is -2.31. The van der Waals surface area contributed by atoms with Gasteiger partial charge < -0.3 is 10.0 Å². The molecule has 1 aromatic carbocycles. The van der Waals surface area contributed by atoms with E-state index in [0.29, 0.717) is 0 Å². The molecule has 0 radical (unpaired) electrons. The molecule has 4 heteroatoms. The van der Waals surface area contributed by atoms with Gasteiger partial charge in [0.05, 0.1) is 6.10 Å². The summed E-state index contributed by atoms with van der Waals surface area (Å²) in [6.07, 6.45) is 0.474. The van der Waals surface area contributed by atoms with E-state index in [4.69, 9.17) is 0 Å². The number of hydrogen-bond acceptors (Lipinski definition) is 3. The molecule has 0 spiro atoms. The zero-order valence-electron chi connectivity index (χ0n) is 10.7. The van der Waals surface area contributed by atoms with Crippen molar-refractivity contribution < 1.29 is 5.11 Å². The van der Waals surface area contributed by atoms with Crippen LogP contribution in [0.15, 0.2) is 28.7 Å². The SMILES string of the molecule is CC1CN(CCC(O)c2ccc(Br)cc2)CCS1. The van der Waals surface area contributed by atoms with E-state index in [1.54, 1.807) is 0 Å². The third kappa shape index (κ3) is 4.26. The third-order valence-corrected chi connectivity index (χ3v) is 4.96. The quantitative estimate of drug-likeness (QED) is 0.916. The maximum absolute atomic E-state index is 10.2. The lowest BCUT2D eigenvalue weighted by molar-refractivity contribution is 0.143. The van der Waals surface area contributed by atoms with Gasteiger partial charge in [-0.25, -0.2) is 0 Å². The van der Waals surface area contributed by atoms with E-state index in [2.05, 4.69) is 27.8 Å². The van der Waals surface area contributed by atoms with E-state index < -0.39 is 0 Å². The van der Waals surface area contributed by atoms with Crippen LogP contribution < -0.4 is 0 Å². The summed E-state index contributed by atoms with van der Waals surface area (Å²) in [5.74, 6) is 1.22. The van der Waals surface area contributed by atoms with Crippen LogP contribution in [-0.4, -0.2) is 40.6 Å². The normalized spacial score (nSPS) is 22.9. The first-order valence-electron chi connectivity index (χ1n) is 6.42. The first kappa shape index (κ1) is 14.4. The van der Waals surface area contributed by atoms with E-state index >= 15 is 0 Å². The fourth-order valence-electron chi connectivity index (χ4n) is 2.25. The van der Waals surface area contributed by atoms with Crippen LogP contribution in [-0.2, 0) is 0 Å². The molecule has 18 heavy (non-hydrogen) atoms. The molecule has 2 atom stereocenters. The van der Waals surface area contributed by atoms with Crippen molar-refractivity contribution in [1.82, 2.24) is 4.90 Å². The van der Waals surface area contributed by atoms with Crippen molar-refractivity contribution in [3.8, 4) is 0 Å². The molecule has 1 aromatic rings. The highest BCUT2D eigenvalue weighted by Gasteiger charge is 2.17. The van der Waals surface area contributed by atoms with Gasteiger partial charge in [-0.1, -0.05) is 35.0 Å². The van der Waals surface area contributed by atoms with Crippen LogP contribution in [0.25, 0.3) is 0 Å². The highest BCUT2D eigenvalue weighted by molar-refractivity contribution is 9.10. The van der Waals surface area contributed by atoms with E-state index in [-0.39, 0.29) is 6.10 Å². The van der Waals surface area contributed by atoms with Crippen LogP contribution in [0.1, 0.15) is 25.0 Å². The zero-order chi connectivity index (χ0) is 13.0. The Morgan fingerprint density at radius 1 is 1.44 bits per heavy atom. The Morgan fingerprint density at radius 3 is 2.83 bits per heavy atom. The summed E-state index contributed by atoms with van der Waals surface area (Å²) in [7, 11) is 0. The number of aliphatic hydroxyl groups excluding tert-OH is 1. The molecule has 0 bridgehead atoms. The highest BCUT2D eigenvalue weighted by atomic mass is 79.9. The summed E-state index contributed by atoms with van der Waals surface area (Å²) in [5, 5.41) is 10.9. The van der Waals surface area contributed by atoms with E-state index in [1.807, 2.05) is 36.0 Å². The first-order chi connectivity index (χ1) is 8.65. The van der Waals surface area contributed by atoms with Crippen LogP contribution in [0.2, 0.25) is 0 Å². The minimum atomic E-state index is -0.344. The van der Waals surface area contributed by atoms with Gasteiger partial charge in [-0.2, -0.15) is 11.8 Å². The predicted molar refractivity (Wildman–Crippen MR) is 82.1 cm³/mol. The van der Waals surface area contributed by atoms with Gasteiger partial charge in [0.1, 0.15) is 0 Å². The predicted octanol–water partition coefficient (Wildman–Crippen LogP) is 3.31. The Morgan fingerprint density at radius 2 is 2.17 bits per heavy atom. The number of benzene rings is 1. The van der Waals surface area contributed by atoms with Crippen molar-refractivity contribution in [3.63, 3.8) is 0 Å². The number of halogens is 1. The van der Waals surface area contributed by atoms with Gasteiger partial charge >= 0.3 is 0 Å². The molecule has 2 nitrogen and oxygen atoms in total. The number of aliphatic hydroxyl groups is 1. The molecule has 100 valence electrons. The molecule has 1 aliphatic rings. The molecule has 1 fully saturated rings. The molecule has 2 rings (SSSR count). The highest BCUT2D eigenvalue weighted by Crippen LogP contribution is 2.22. The third-order valence-electron chi connectivity index (χ3n) is 3.30. The average Bonchev–Trinajstić information content (AvgIpc) is 2.37. The van der Waals surface area contributed by atoms with E-state index in [1.165, 1.54) is 5.75 Å². The zero-order valence-corrected chi connectivity index (χ0v) is 13.1. The molecule has 0 amide bonds. The monoisotopic (exact) mass is 329 g/mol. The van der Waals surface area contributed by atoms with Crippen molar-refractivity contribution in [3.05, 3.63) is 34.3 Å². The Hall–Kier alpha value is -0.0300. The Labute approximate surface area is 122 Å². The fourth-order valence-corrected chi connectivity index (χ4v) is 3.60. The number of thioether (sulfide) groups is 1. The van der Waals surface area contributed by atoms with Crippen LogP contribution in [0.3, 0.4) is 0 Å². The smallest absolute Gasteiger partial charge is 0.0802 e. The summed E-state index contributed by atoms with van der Waals surface area (Å²) in [4.78, 5) is 2.46. The van der Waals surface area contributed by atoms with Crippen LogP contribution in [0.4, 0.5) is 0 Å². The molecule has 0 aliphatic carbocycles. The molecule has 0 aromatic heterocycles. The van der Waals surface area contributed by atoms with Gasteiger partial charge in [0.2, 0.25) is 0 Å². The largest absolute Gasteiger partial charge is 0.388 e. The molecule has 1 N–H and O–H groups in total. The molecule has 1 heterocycles. The van der Waals surface area contributed by atoms with Gasteiger partial charge in [-0.3, -0.25) is 0 Å². The van der Waals surface area contributed by atoms with Crippen molar-refractivity contribution >= 4 is 27.7 Å². The molecular formula is C14H20BrNOS. The van der Waals surface area contributed by atoms with Crippen molar-refractivity contribution in [2.75, 3.05) is 25.4 Å². The van der Waals surface area contributed by atoms with Crippen LogP contribution >= 0.6 is 27.7 Å². The summed E-state index contributed by atoms with van der Waals surface area (Å²) in [6.45, 7) is 5.57. The lowest BCUT2D eigenvalue weighted by atomic mass is 10.1. The Kier molecular flexibility index (Phi) is 5.55. The summed E-state index contributed by atoms with van der Waals surface area (Å²) in [6, 6.07) is 7.95. The molecule has 0 saturated carbocycles. The molecule has 1 saturated heterocycles. The molecule has 1 aliphatic heterocycles. The lowest BCUT2D eigenvalue weighted by Crippen LogP contribution is -2.37. The van der Waals surface area contributed by atoms with Crippen molar-refractivity contribution in [2.45, 2.75) is 24.7 Å². The molecule has 2 unspecified atom stereocenters. The topological polar surface area (TPSA) is 23.5 Å². The second kappa shape index (κ2) is 6.94. The average molecular weight is 330 g/mol. The van der Waals surface area contributed by atoms with Gasteiger partial charge in [-0.05, 0) is 24.1 Å². The summed E-state index contributed by atoms with van der Waals surface area (Å²) < 4.78 is 1.06. The first-order valence-corrected chi connectivity index (χ1v) is 8.27. The van der Waals surface area contributed by atoms with Crippen LogP contribution in [0.5, 0.6) is 0 Å². The summed E-state index contributed by atoms with van der Waals surface area (Å²) in [5.41, 5.74) is 1.01. The van der Waals surface area contributed by atoms with Gasteiger partial charge in [-0.15, -0.1) is 0 Å². The fraction of sp³-hybridized carbons (Fsp3) is 0.571. The number of hydrogen-bond donors (Lipinski definition) is 1. The second-order valence-corrected chi connectivity index (χ2v) is 7.30. The Balaban J connectivity index is 1.80. The molecular weight excluding hydrogens is 310 g/mol. The summed E-state index contributed by atoms with van der Waals surface area (Å²) >= 11 is 5.46. The number of nitrogens with zero attached hydrogens (tertiary/aromatic N) is 1. The van der Waals surface area contributed by atoms with Crippen LogP contribution in [0, 0.1) is 0 Å².